The van der Waals surface area contributed by atoms with Crippen LogP contribution in [0.15, 0.2) is 24.3 Å². The third-order valence-corrected chi connectivity index (χ3v) is 4.95. The normalized spacial score (nSPS) is 16.3. The van der Waals surface area contributed by atoms with E-state index in [2.05, 4.69) is 15.5 Å². The number of likely N-dealkylation sites (tertiary alicyclic amines) is 1. The minimum atomic E-state index is -0.812. The van der Waals surface area contributed by atoms with Gasteiger partial charge in [-0.25, -0.2) is 9.07 Å². The highest BCUT2D eigenvalue weighted by Gasteiger charge is 2.31. The molecule has 1 saturated heterocycles. The number of carboxylic acids is 1. The van der Waals surface area contributed by atoms with Gasteiger partial charge in [0, 0.05) is 25.9 Å². The standard InChI is InChI=1S/C18H22FN5O3/c1-12-20-21-22-24(12)16(10-14-3-2-4-15(19)9-14)18(27)23-7-5-13(6-8-23)11-17(25)26/h2-4,9,13,16H,5-8,10-11H2,1H3,(H,25,26). The fourth-order valence-corrected chi connectivity index (χ4v) is 3.51. The molecule has 1 amide bonds. The number of rotatable bonds is 6. The number of amides is 1. The Bertz CT molecular complexity index is 817. The van der Waals surface area contributed by atoms with Crippen LogP contribution in [-0.2, 0) is 16.0 Å². The molecule has 2 heterocycles. The van der Waals surface area contributed by atoms with E-state index >= 15 is 0 Å². The molecular weight excluding hydrogens is 353 g/mol. The third kappa shape index (κ3) is 4.66. The largest absolute Gasteiger partial charge is 0.481 e. The van der Waals surface area contributed by atoms with Gasteiger partial charge >= 0.3 is 5.97 Å². The highest BCUT2D eigenvalue weighted by atomic mass is 19.1. The Hall–Kier alpha value is -2.84. The summed E-state index contributed by atoms with van der Waals surface area (Å²) in [6.45, 7) is 2.71. The number of piperidine rings is 1. The molecule has 8 nitrogen and oxygen atoms in total. The Balaban J connectivity index is 1.76. The van der Waals surface area contributed by atoms with Gasteiger partial charge in [-0.1, -0.05) is 12.1 Å². The number of nitrogens with zero attached hydrogens (tertiary/aromatic N) is 5. The second-order valence-electron chi connectivity index (χ2n) is 6.89. The minimum absolute atomic E-state index is 0.0861. The molecule has 0 radical (unpaired) electrons. The molecule has 0 bridgehead atoms. The quantitative estimate of drug-likeness (QED) is 0.823. The summed E-state index contributed by atoms with van der Waals surface area (Å²) in [6.07, 6.45) is 1.71. The van der Waals surface area contributed by atoms with Gasteiger partial charge in [0.25, 0.3) is 0 Å². The number of carboxylic acid groups (broad SMARTS) is 1. The fraction of sp³-hybridized carbons (Fsp3) is 0.500. The second kappa shape index (κ2) is 8.24. The number of carbonyl (C=O) groups excluding carboxylic acids is 1. The van der Waals surface area contributed by atoms with E-state index in [0.29, 0.717) is 37.3 Å². The first-order chi connectivity index (χ1) is 12.9. The summed E-state index contributed by atoms with van der Waals surface area (Å²) in [5, 5.41) is 20.4. The van der Waals surface area contributed by atoms with E-state index in [-0.39, 0.29) is 30.5 Å². The molecule has 9 heteroatoms. The molecule has 1 atom stereocenters. The van der Waals surface area contributed by atoms with Gasteiger partial charge in [-0.2, -0.15) is 0 Å². The monoisotopic (exact) mass is 375 g/mol. The molecule has 1 fully saturated rings. The molecule has 3 rings (SSSR count). The van der Waals surface area contributed by atoms with Gasteiger partial charge in [-0.3, -0.25) is 9.59 Å². The fourth-order valence-electron chi connectivity index (χ4n) is 3.51. The number of hydrogen-bond donors (Lipinski definition) is 1. The van der Waals surface area contributed by atoms with Gasteiger partial charge in [-0.15, -0.1) is 5.10 Å². The molecule has 1 aromatic heterocycles. The maximum atomic E-state index is 13.6. The van der Waals surface area contributed by atoms with Crippen molar-refractivity contribution in [2.24, 2.45) is 5.92 Å². The molecule has 0 spiro atoms. The van der Waals surface area contributed by atoms with Gasteiger partial charge in [0.2, 0.25) is 5.91 Å². The van der Waals surface area contributed by atoms with Crippen LogP contribution >= 0.6 is 0 Å². The van der Waals surface area contributed by atoms with E-state index in [1.54, 1.807) is 24.0 Å². The van der Waals surface area contributed by atoms with Crippen molar-refractivity contribution in [1.29, 1.82) is 0 Å². The van der Waals surface area contributed by atoms with Crippen LogP contribution in [0.3, 0.4) is 0 Å². The summed E-state index contributed by atoms with van der Waals surface area (Å²) < 4.78 is 15.0. The number of hydrogen-bond acceptors (Lipinski definition) is 5. The predicted octanol–water partition coefficient (Wildman–Crippen LogP) is 1.62. The Morgan fingerprint density at radius 2 is 2.07 bits per heavy atom. The van der Waals surface area contributed by atoms with Crippen molar-refractivity contribution in [2.45, 2.75) is 38.6 Å². The number of aliphatic carboxylic acids is 1. The molecule has 2 aromatic rings. The number of aryl methyl sites for hydroxylation is 1. The number of carbonyl (C=O) groups is 2. The molecule has 0 aliphatic carbocycles. The second-order valence-corrected chi connectivity index (χ2v) is 6.89. The Labute approximate surface area is 156 Å². The van der Waals surface area contributed by atoms with E-state index in [0.717, 1.165) is 0 Å². The third-order valence-electron chi connectivity index (χ3n) is 4.95. The Kier molecular flexibility index (Phi) is 5.78. The van der Waals surface area contributed by atoms with Crippen LogP contribution in [-0.4, -0.2) is 55.2 Å². The van der Waals surface area contributed by atoms with Crippen LogP contribution < -0.4 is 0 Å². The highest BCUT2D eigenvalue weighted by Crippen LogP contribution is 2.24. The lowest BCUT2D eigenvalue weighted by Gasteiger charge is -2.33. The average Bonchev–Trinajstić information content (AvgIpc) is 3.05. The molecule has 1 aromatic carbocycles. The van der Waals surface area contributed by atoms with Crippen molar-refractivity contribution in [2.75, 3.05) is 13.1 Å². The molecule has 27 heavy (non-hydrogen) atoms. The van der Waals surface area contributed by atoms with E-state index in [1.807, 2.05) is 0 Å². The first kappa shape index (κ1) is 18.9. The summed E-state index contributed by atoms with van der Waals surface area (Å²) >= 11 is 0. The number of aromatic nitrogens is 4. The molecule has 1 aliphatic heterocycles. The average molecular weight is 375 g/mol. The zero-order chi connectivity index (χ0) is 19.4. The van der Waals surface area contributed by atoms with E-state index in [1.165, 1.54) is 16.8 Å². The van der Waals surface area contributed by atoms with E-state index in [4.69, 9.17) is 5.11 Å². The van der Waals surface area contributed by atoms with Crippen LogP contribution in [0.1, 0.15) is 36.7 Å². The van der Waals surface area contributed by atoms with Gasteiger partial charge in [0.05, 0.1) is 0 Å². The number of halogens is 1. The summed E-state index contributed by atoms with van der Waals surface area (Å²) in [4.78, 5) is 25.8. The summed E-state index contributed by atoms with van der Waals surface area (Å²) in [5.74, 6) is -0.716. The molecule has 1 aliphatic rings. The molecule has 1 unspecified atom stereocenters. The van der Waals surface area contributed by atoms with Crippen molar-refractivity contribution in [3.8, 4) is 0 Å². The first-order valence-electron chi connectivity index (χ1n) is 8.93. The smallest absolute Gasteiger partial charge is 0.303 e. The summed E-state index contributed by atoms with van der Waals surface area (Å²) in [7, 11) is 0. The van der Waals surface area contributed by atoms with Gasteiger partial charge < -0.3 is 10.0 Å². The van der Waals surface area contributed by atoms with E-state index in [9.17, 15) is 14.0 Å². The lowest BCUT2D eigenvalue weighted by atomic mass is 9.93. The van der Waals surface area contributed by atoms with Gasteiger partial charge in [0.15, 0.2) is 0 Å². The van der Waals surface area contributed by atoms with Crippen molar-refractivity contribution >= 4 is 11.9 Å². The molecule has 0 saturated carbocycles. The lowest BCUT2D eigenvalue weighted by Crippen LogP contribution is -2.43. The van der Waals surface area contributed by atoms with Crippen molar-refractivity contribution in [3.05, 3.63) is 41.5 Å². The summed E-state index contributed by atoms with van der Waals surface area (Å²) in [6, 6.07) is 5.46. The zero-order valence-corrected chi connectivity index (χ0v) is 15.1. The summed E-state index contributed by atoms with van der Waals surface area (Å²) in [5.41, 5.74) is 0.684. The number of benzene rings is 1. The topological polar surface area (TPSA) is 101 Å². The lowest BCUT2D eigenvalue weighted by molar-refractivity contribution is -0.139. The first-order valence-corrected chi connectivity index (χ1v) is 8.93. The van der Waals surface area contributed by atoms with Gasteiger partial charge in [0.1, 0.15) is 17.7 Å². The molecule has 1 N–H and O–H groups in total. The van der Waals surface area contributed by atoms with Crippen molar-refractivity contribution < 1.29 is 19.1 Å². The van der Waals surface area contributed by atoms with Crippen molar-refractivity contribution in [1.82, 2.24) is 25.1 Å². The Morgan fingerprint density at radius 1 is 1.33 bits per heavy atom. The van der Waals surface area contributed by atoms with Crippen LogP contribution in [0.2, 0.25) is 0 Å². The van der Waals surface area contributed by atoms with Crippen LogP contribution in [0.4, 0.5) is 4.39 Å². The SMILES string of the molecule is Cc1nnnn1C(Cc1cccc(F)c1)C(=O)N1CCC(CC(=O)O)CC1. The van der Waals surface area contributed by atoms with E-state index < -0.39 is 12.0 Å². The van der Waals surface area contributed by atoms with Crippen molar-refractivity contribution in [3.63, 3.8) is 0 Å². The predicted molar refractivity (Wildman–Crippen MR) is 93.3 cm³/mol. The van der Waals surface area contributed by atoms with Crippen LogP contribution in [0.5, 0.6) is 0 Å². The molecule has 144 valence electrons. The van der Waals surface area contributed by atoms with Gasteiger partial charge in [-0.05, 0) is 53.8 Å². The van der Waals surface area contributed by atoms with Crippen LogP contribution in [0.25, 0.3) is 0 Å². The number of tetrazole rings is 1. The zero-order valence-electron chi connectivity index (χ0n) is 15.1. The maximum absolute atomic E-state index is 13.6. The highest BCUT2D eigenvalue weighted by molar-refractivity contribution is 5.81. The molecular formula is C18H22FN5O3. The van der Waals surface area contributed by atoms with Crippen LogP contribution in [0, 0.1) is 18.7 Å². The maximum Gasteiger partial charge on any atom is 0.303 e. The minimum Gasteiger partial charge on any atom is -0.481 e. The Morgan fingerprint density at radius 3 is 2.67 bits per heavy atom.